The van der Waals surface area contributed by atoms with Gasteiger partial charge in [0.25, 0.3) is 0 Å². The quantitative estimate of drug-likeness (QED) is 0.0519. The van der Waals surface area contributed by atoms with Gasteiger partial charge < -0.3 is 77.0 Å². The number of carbonyl (C=O) groups is 4. The largest absolute Gasteiger partial charge is 1.00 e. The van der Waals surface area contributed by atoms with Gasteiger partial charge in [-0.3, -0.25) is 19.2 Å². The first-order valence-corrected chi connectivity index (χ1v) is 30.2. The van der Waals surface area contributed by atoms with Crippen LogP contribution in [-0.2, 0) is 23.9 Å². The molecule has 0 saturated carbocycles. The van der Waals surface area contributed by atoms with E-state index in [2.05, 4.69) is 62.8 Å². The molecular formula is C68H103AlBLiN4NaO15. The van der Waals surface area contributed by atoms with Crippen LogP contribution in [0.15, 0.2) is 84.6 Å². The Morgan fingerprint density at radius 3 is 1.24 bits per heavy atom. The first-order valence-electron chi connectivity index (χ1n) is 30.2. The number of piperidine rings is 3. The summed E-state index contributed by atoms with van der Waals surface area (Å²) in [6, 6.07) is 22.1. The third-order valence-corrected chi connectivity index (χ3v) is 15.7. The van der Waals surface area contributed by atoms with Gasteiger partial charge in [-0.05, 0) is 132 Å². The molecule has 9 unspecified atom stereocenters. The molecule has 3 radical (unpaired) electrons. The number of amides is 3. The van der Waals surface area contributed by atoms with E-state index in [1.807, 2.05) is 74.5 Å². The monoisotopic (exact) mass is 1280 g/mol. The van der Waals surface area contributed by atoms with Crippen molar-refractivity contribution < 1.29 is 123 Å². The number of Topliss-reactive ketones (excluding diaryl/α,β-unsaturated/α-hetero) is 1. The molecule has 3 saturated heterocycles. The molecule has 493 valence electrons. The van der Waals surface area contributed by atoms with Crippen LogP contribution in [0.3, 0.4) is 0 Å². The predicted octanol–water partition coefficient (Wildman–Crippen LogP) is 3.04. The zero-order valence-corrected chi connectivity index (χ0v) is 58.7. The fourth-order valence-corrected chi connectivity index (χ4v) is 11.2. The zero-order valence-electron chi connectivity index (χ0n) is 58.7. The molecule has 4 aliphatic rings. The normalized spacial score (nSPS) is 21.6. The van der Waals surface area contributed by atoms with Crippen molar-refractivity contribution in [3.05, 3.63) is 107 Å². The van der Waals surface area contributed by atoms with Crippen molar-refractivity contribution in [3.8, 4) is 46.0 Å². The summed E-state index contributed by atoms with van der Waals surface area (Å²) in [5, 5.41) is 33.2. The van der Waals surface area contributed by atoms with Crippen LogP contribution in [0.25, 0.3) is 0 Å². The molecule has 9 atom stereocenters. The van der Waals surface area contributed by atoms with Crippen molar-refractivity contribution in [1.29, 1.82) is 0 Å². The van der Waals surface area contributed by atoms with Crippen molar-refractivity contribution in [1.82, 2.24) is 21.3 Å². The molecule has 0 aliphatic carbocycles. The predicted molar refractivity (Wildman–Crippen MR) is 353 cm³/mol. The Hall–Kier alpha value is -5.03. The van der Waals surface area contributed by atoms with Gasteiger partial charge in [0.1, 0.15) is 11.5 Å². The minimum Gasteiger partial charge on any atom is -1.00 e. The third kappa shape index (κ3) is 25.0. The Morgan fingerprint density at radius 2 is 0.868 bits per heavy atom. The van der Waals surface area contributed by atoms with Crippen LogP contribution in [0, 0.1) is 41.4 Å². The van der Waals surface area contributed by atoms with Crippen molar-refractivity contribution in [2.45, 2.75) is 137 Å². The van der Waals surface area contributed by atoms with Crippen LogP contribution in [0.4, 0.5) is 0 Å². The first kappa shape index (κ1) is 84.0. The molecule has 4 aliphatic heterocycles. The SMILES string of the molecule is COc1ccc(C2CC(=O)C(CC(C)C)C(=O)N2)cc1OC.COc1ccc(C2CC(O)C(CC(C)C)C(=O)N2)cc1OC.COc1ccc(C2CC(O)C(CC(C)C)CN2)cc1OC.COc1ccc(C2CC(OCC(C)C)=CC(=O)N2)cc1OC.[AlH3].[B].[H-].[H-].[Li+].[Na+]. The second-order valence-electron chi connectivity index (χ2n) is 24.2. The van der Waals surface area contributed by atoms with Crippen LogP contribution in [0.2, 0.25) is 0 Å². The Bertz CT molecular complexity index is 2870. The number of rotatable bonds is 21. The van der Waals surface area contributed by atoms with E-state index >= 15 is 0 Å². The molecular weight excluding hydrogens is 1180 g/mol. The molecule has 0 spiro atoms. The Morgan fingerprint density at radius 1 is 0.484 bits per heavy atom. The molecule has 0 aromatic heterocycles. The van der Waals surface area contributed by atoms with Gasteiger partial charge in [-0.1, -0.05) is 79.7 Å². The smallest absolute Gasteiger partial charge is 1.00 e. The molecule has 0 bridgehead atoms. The summed E-state index contributed by atoms with van der Waals surface area (Å²) in [7, 11) is 12.8. The molecule has 23 heteroatoms. The number of carbonyl (C=O) groups excluding carboxylic acids is 4. The molecule has 6 N–H and O–H groups in total. The fourth-order valence-electron chi connectivity index (χ4n) is 11.2. The van der Waals surface area contributed by atoms with Crippen molar-refractivity contribution in [2.75, 3.05) is 70.0 Å². The maximum Gasteiger partial charge on any atom is 1.00 e. The van der Waals surface area contributed by atoms with E-state index in [1.165, 1.54) is 6.08 Å². The van der Waals surface area contributed by atoms with Gasteiger partial charge in [0.05, 0.1) is 106 Å². The van der Waals surface area contributed by atoms with Crippen molar-refractivity contribution in [3.63, 3.8) is 0 Å². The summed E-state index contributed by atoms with van der Waals surface area (Å²) < 4.78 is 47.9. The number of methoxy groups -OCH3 is 8. The van der Waals surface area contributed by atoms with Gasteiger partial charge >= 0.3 is 48.4 Å². The molecule has 91 heavy (non-hydrogen) atoms. The van der Waals surface area contributed by atoms with Gasteiger partial charge in [-0.25, -0.2) is 0 Å². The van der Waals surface area contributed by atoms with E-state index in [0.717, 1.165) is 58.9 Å². The average molecular weight is 1280 g/mol. The second kappa shape index (κ2) is 41.6. The minimum absolute atomic E-state index is 0. The second-order valence-corrected chi connectivity index (χ2v) is 24.2. The van der Waals surface area contributed by atoms with Crippen molar-refractivity contribution in [2.24, 2.45) is 41.4 Å². The molecule has 4 aromatic rings. The number of hydrogen-bond donors (Lipinski definition) is 6. The Balaban J connectivity index is 0. The van der Waals surface area contributed by atoms with E-state index in [4.69, 9.17) is 42.6 Å². The maximum absolute atomic E-state index is 12.3. The fraction of sp³-hybridized carbons (Fsp3) is 0.559. The molecule has 19 nitrogen and oxygen atoms in total. The van der Waals surface area contributed by atoms with Crippen molar-refractivity contribution >= 4 is 49.3 Å². The van der Waals surface area contributed by atoms with Crippen LogP contribution in [0.5, 0.6) is 46.0 Å². The molecule has 4 heterocycles. The molecule has 8 rings (SSSR count). The molecule has 4 aromatic carbocycles. The van der Waals surface area contributed by atoms with Crippen LogP contribution >= 0.6 is 0 Å². The number of ether oxygens (including phenoxy) is 9. The summed E-state index contributed by atoms with van der Waals surface area (Å²) in [5.74, 6) is 6.84. The van der Waals surface area contributed by atoms with Gasteiger partial charge in [0, 0.05) is 39.9 Å². The Labute approximate surface area is 590 Å². The first-order chi connectivity index (χ1) is 41.5. The van der Waals surface area contributed by atoms with E-state index in [-0.39, 0.29) is 137 Å². The summed E-state index contributed by atoms with van der Waals surface area (Å²) in [6.45, 7) is 18.2. The minimum atomic E-state index is -0.616. The molecule has 3 fully saturated rings. The van der Waals surface area contributed by atoms with Gasteiger partial charge in [-0.15, -0.1) is 0 Å². The van der Waals surface area contributed by atoms with E-state index in [9.17, 15) is 29.4 Å². The zero-order chi connectivity index (χ0) is 64.1. The maximum atomic E-state index is 12.3. The number of hydrogen-bond acceptors (Lipinski definition) is 16. The molecule has 3 amide bonds. The third-order valence-electron chi connectivity index (χ3n) is 15.7. The average Bonchev–Trinajstić information content (AvgIpc) is 0.866. The summed E-state index contributed by atoms with van der Waals surface area (Å²) in [6.07, 6.45) is 5.24. The number of benzene rings is 4. The van der Waals surface area contributed by atoms with Gasteiger partial charge in [0.2, 0.25) is 17.7 Å². The number of aliphatic hydroxyl groups is 2. The summed E-state index contributed by atoms with van der Waals surface area (Å²) in [4.78, 5) is 48.6. The number of ketones is 1. The topological polar surface area (TPSA) is 240 Å². The summed E-state index contributed by atoms with van der Waals surface area (Å²) >= 11 is 0. The van der Waals surface area contributed by atoms with E-state index in [0.29, 0.717) is 103 Å². The summed E-state index contributed by atoms with van der Waals surface area (Å²) in [5.41, 5.74) is 3.86. The van der Waals surface area contributed by atoms with Crippen LogP contribution in [0.1, 0.15) is 150 Å². The van der Waals surface area contributed by atoms with Crippen LogP contribution < -0.4 is 108 Å². The number of nitrogens with one attached hydrogen (secondary N) is 4. The number of aliphatic hydroxyl groups excluding tert-OH is 2. The van der Waals surface area contributed by atoms with Gasteiger partial charge in [-0.2, -0.15) is 0 Å². The van der Waals surface area contributed by atoms with Gasteiger partial charge in [0.15, 0.2) is 63.4 Å². The van der Waals surface area contributed by atoms with E-state index in [1.54, 1.807) is 69.0 Å². The Kier molecular flexibility index (Phi) is 38.4. The van der Waals surface area contributed by atoms with Crippen LogP contribution in [-0.4, -0.2) is 142 Å². The standard InChI is InChI=1S/C17H23NO4.C17H25NO4.C17H23NO4.C17H27NO3.Al.B.Li.Na.5H/c1-11(2)10-22-13-8-14(18-17(19)9-13)12-5-6-15(20-3)16(7-12)21-4;2*1-10(2)7-12-14(19)9-13(18-17(12)20)11-5-6-15(21-3)16(8-11)22-4;1-11(2)7-13-10-18-14(9-15(13)19)12-5-6-16(20-3)17(8-12)21-4;;;;;;;;;/h5-7,9,11,14H,8,10H2,1-4H3,(H,18,19);5-6,8,10,12-14,19H,7,9H2,1-4H3,(H,18,20);5-6,8,10,12-13H,7,9H2,1-4H3,(H,18,20);5-6,8,11,13-15,18-19H,7,9-10H2,1-4H3;;;;;;;;;/q;;;;;;2*+1;;;;2*-1. The van der Waals surface area contributed by atoms with E-state index < -0.39 is 12.0 Å².